The first-order valence-corrected chi connectivity index (χ1v) is 8.02. The van der Waals surface area contributed by atoms with E-state index in [9.17, 15) is 9.90 Å². The summed E-state index contributed by atoms with van der Waals surface area (Å²) in [5, 5.41) is 17.6. The summed E-state index contributed by atoms with van der Waals surface area (Å²) in [6, 6.07) is 9.24. The van der Waals surface area contributed by atoms with Gasteiger partial charge in [0, 0.05) is 18.0 Å². The van der Waals surface area contributed by atoms with E-state index in [0.717, 1.165) is 11.1 Å². The molecule has 0 aliphatic rings. The van der Waals surface area contributed by atoms with Crippen LogP contribution >= 0.6 is 22.9 Å². The summed E-state index contributed by atoms with van der Waals surface area (Å²) < 4.78 is 0. The Kier molecular flexibility index (Phi) is 5.39. The normalized spacial score (nSPS) is 13.7. The van der Waals surface area contributed by atoms with Crippen LogP contribution in [-0.2, 0) is 17.6 Å². The van der Waals surface area contributed by atoms with Crippen LogP contribution < -0.4 is 5.32 Å². The molecule has 0 bridgehead atoms. The minimum atomic E-state index is -0.961. The molecule has 1 amide bonds. The third-order valence-electron chi connectivity index (χ3n) is 3.14. The van der Waals surface area contributed by atoms with Crippen LogP contribution in [0.5, 0.6) is 0 Å². The van der Waals surface area contributed by atoms with E-state index in [1.807, 2.05) is 35.0 Å². The SMILES string of the molecule is CC(O)(CNC(=O)Cc1ccccc1Cl)Cc1ccsc1. The second kappa shape index (κ2) is 7.07. The first-order valence-electron chi connectivity index (χ1n) is 6.70. The summed E-state index contributed by atoms with van der Waals surface area (Å²) in [5.74, 6) is -0.145. The maximum atomic E-state index is 11.9. The van der Waals surface area contributed by atoms with Gasteiger partial charge in [0.05, 0.1) is 12.0 Å². The Bertz CT molecular complexity index is 596. The standard InChI is InChI=1S/C16H18ClNO2S/c1-16(20,9-12-6-7-21-10-12)11-18-15(19)8-13-4-2-3-5-14(13)17/h2-7,10,20H,8-9,11H2,1H3,(H,18,19). The van der Waals surface area contributed by atoms with Gasteiger partial charge >= 0.3 is 0 Å². The smallest absolute Gasteiger partial charge is 0.224 e. The minimum absolute atomic E-state index is 0.145. The lowest BCUT2D eigenvalue weighted by Gasteiger charge is -2.23. The van der Waals surface area contributed by atoms with E-state index in [2.05, 4.69) is 5.32 Å². The zero-order valence-corrected chi connectivity index (χ0v) is 13.4. The van der Waals surface area contributed by atoms with E-state index >= 15 is 0 Å². The van der Waals surface area contributed by atoms with Gasteiger partial charge in [0.2, 0.25) is 5.91 Å². The summed E-state index contributed by atoms with van der Waals surface area (Å²) in [5.41, 5.74) is 0.900. The quantitative estimate of drug-likeness (QED) is 0.858. The van der Waals surface area contributed by atoms with Crippen molar-refractivity contribution in [2.45, 2.75) is 25.4 Å². The summed E-state index contributed by atoms with van der Waals surface area (Å²) in [6.45, 7) is 1.94. The van der Waals surface area contributed by atoms with Gasteiger partial charge in [0.1, 0.15) is 0 Å². The molecule has 5 heteroatoms. The molecule has 0 saturated heterocycles. The molecule has 0 aliphatic carbocycles. The fourth-order valence-electron chi connectivity index (χ4n) is 2.06. The fourth-order valence-corrected chi connectivity index (χ4v) is 2.93. The van der Waals surface area contributed by atoms with E-state index in [-0.39, 0.29) is 18.9 Å². The summed E-state index contributed by atoms with van der Waals surface area (Å²) in [4.78, 5) is 11.9. The Balaban J connectivity index is 1.84. The lowest BCUT2D eigenvalue weighted by molar-refractivity contribution is -0.121. The van der Waals surface area contributed by atoms with Crippen LogP contribution in [0.4, 0.5) is 0 Å². The van der Waals surface area contributed by atoms with Gasteiger partial charge in [-0.3, -0.25) is 4.79 Å². The number of aliphatic hydroxyl groups is 1. The van der Waals surface area contributed by atoms with E-state index in [1.165, 1.54) is 0 Å². The lowest BCUT2D eigenvalue weighted by Crippen LogP contribution is -2.42. The molecule has 0 saturated carbocycles. The second-order valence-corrected chi connectivity index (χ2v) is 6.54. The third-order valence-corrected chi connectivity index (χ3v) is 4.24. The van der Waals surface area contributed by atoms with Crippen LogP contribution in [0.1, 0.15) is 18.1 Å². The first kappa shape index (κ1) is 16.0. The lowest BCUT2D eigenvalue weighted by atomic mass is 9.98. The van der Waals surface area contributed by atoms with Crippen molar-refractivity contribution in [3.63, 3.8) is 0 Å². The molecule has 21 heavy (non-hydrogen) atoms. The Morgan fingerprint density at radius 1 is 1.38 bits per heavy atom. The number of carbonyl (C=O) groups excluding carboxylic acids is 1. The van der Waals surface area contributed by atoms with E-state index in [1.54, 1.807) is 24.3 Å². The number of hydrogen-bond acceptors (Lipinski definition) is 3. The number of nitrogens with one attached hydrogen (secondary N) is 1. The largest absolute Gasteiger partial charge is 0.388 e. The molecule has 1 aromatic heterocycles. The van der Waals surface area contributed by atoms with Crippen molar-refractivity contribution in [2.75, 3.05) is 6.54 Å². The van der Waals surface area contributed by atoms with E-state index in [0.29, 0.717) is 11.4 Å². The van der Waals surface area contributed by atoms with Crippen molar-refractivity contribution in [1.29, 1.82) is 0 Å². The molecule has 0 radical (unpaired) electrons. The predicted molar refractivity (Wildman–Crippen MR) is 86.8 cm³/mol. The number of carbonyl (C=O) groups is 1. The maximum Gasteiger partial charge on any atom is 0.224 e. The van der Waals surface area contributed by atoms with Crippen molar-refractivity contribution >= 4 is 28.8 Å². The van der Waals surface area contributed by atoms with E-state index < -0.39 is 5.60 Å². The predicted octanol–water partition coefficient (Wildman–Crippen LogP) is 3.05. The fraction of sp³-hybridized carbons (Fsp3) is 0.312. The Hall–Kier alpha value is -1.36. The molecule has 3 nitrogen and oxygen atoms in total. The average Bonchev–Trinajstić information content (AvgIpc) is 2.91. The van der Waals surface area contributed by atoms with Crippen molar-refractivity contribution < 1.29 is 9.90 Å². The van der Waals surface area contributed by atoms with Crippen molar-refractivity contribution in [2.24, 2.45) is 0 Å². The second-order valence-electron chi connectivity index (χ2n) is 5.35. The highest BCUT2D eigenvalue weighted by atomic mass is 35.5. The molecule has 1 unspecified atom stereocenters. The maximum absolute atomic E-state index is 11.9. The Morgan fingerprint density at radius 2 is 2.14 bits per heavy atom. The zero-order chi connectivity index (χ0) is 15.3. The van der Waals surface area contributed by atoms with Gasteiger partial charge in [0.15, 0.2) is 0 Å². The monoisotopic (exact) mass is 323 g/mol. The van der Waals surface area contributed by atoms with Crippen molar-refractivity contribution in [1.82, 2.24) is 5.32 Å². The molecule has 0 fully saturated rings. The minimum Gasteiger partial charge on any atom is -0.388 e. The van der Waals surface area contributed by atoms with Crippen LogP contribution in [0.25, 0.3) is 0 Å². The topological polar surface area (TPSA) is 49.3 Å². The van der Waals surface area contributed by atoms with Crippen LogP contribution in [0.2, 0.25) is 5.02 Å². The van der Waals surface area contributed by atoms with Crippen LogP contribution in [0, 0.1) is 0 Å². The van der Waals surface area contributed by atoms with Crippen LogP contribution in [0.15, 0.2) is 41.1 Å². The zero-order valence-electron chi connectivity index (χ0n) is 11.8. The highest BCUT2D eigenvalue weighted by Gasteiger charge is 2.22. The van der Waals surface area contributed by atoms with Crippen molar-refractivity contribution in [3.8, 4) is 0 Å². The Morgan fingerprint density at radius 3 is 2.81 bits per heavy atom. The molecule has 1 heterocycles. The third kappa shape index (κ3) is 5.16. The molecular formula is C16H18ClNO2S. The molecule has 0 aliphatic heterocycles. The highest BCUT2D eigenvalue weighted by molar-refractivity contribution is 7.07. The number of benzene rings is 1. The van der Waals surface area contributed by atoms with Crippen LogP contribution in [-0.4, -0.2) is 23.2 Å². The molecule has 2 rings (SSSR count). The van der Waals surface area contributed by atoms with Gasteiger partial charge in [-0.05, 0) is 40.9 Å². The van der Waals surface area contributed by atoms with Gasteiger partial charge < -0.3 is 10.4 Å². The molecule has 2 aromatic rings. The molecule has 0 spiro atoms. The molecule has 1 aromatic carbocycles. The van der Waals surface area contributed by atoms with Gasteiger partial charge in [-0.2, -0.15) is 11.3 Å². The number of thiophene rings is 1. The van der Waals surface area contributed by atoms with E-state index in [4.69, 9.17) is 11.6 Å². The molecule has 112 valence electrons. The molecular weight excluding hydrogens is 306 g/mol. The summed E-state index contributed by atoms with van der Waals surface area (Å²) >= 11 is 7.62. The van der Waals surface area contributed by atoms with Gasteiger partial charge in [-0.25, -0.2) is 0 Å². The average molecular weight is 324 g/mol. The van der Waals surface area contributed by atoms with Crippen LogP contribution in [0.3, 0.4) is 0 Å². The first-order chi connectivity index (χ1) is 9.96. The number of hydrogen-bond donors (Lipinski definition) is 2. The van der Waals surface area contributed by atoms with Gasteiger partial charge in [-0.15, -0.1) is 0 Å². The highest BCUT2D eigenvalue weighted by Crippen LogP contribution is 2.17. The number of halogens is 1. The van der Waals surface area contributed by atoms with Gasteiger partial charge in [-0.1, -0.05) is 29.8 Å². The van der Waals surface area contributed by atoms with Crippen molar-refractivity contribution in [3.05, 3.63) is 57.2 Å². The van der Waals surface area contributed by atoms with Gasteiger partial charge in [0.25, 0.3) is 0 Å². The summed E-state index contributed by atoms with van der Waals surface area (Å²) in [7, 11) is 0. The number of amides is 1. The molecule has 1 atom stereocenters. The number of rotatable bonds is 6. The molecule has 2 N–H and O–H groups in total. The summed E-state index contributed by atoms with van der Waals surface area (Å²) in [6.07, 6.45) is 0.733. The Labute approximate surface area is 133 Å².